The first-order chi connectivity index (χ1) is 17.9. The van der Waals surface area contributed by atoms with Gasteiger partial charge in [-0.2, -0.15) is 4.98 Å². The lowest BCUT2D eigenvalue weighted by Gasteiger charge is -2.34. The smallest absolute Gasteiger partial charge is 0.407 e. The molecule has 2 N–H and O–H groups in total. The lowest BCUT2D eigenvalue weighted by atomic mass is 10.2. The lowest BCUT2D eigenvalue weighted by Crippen LogP contribution is -2.48. The molecule has 196 valence electrons. The van der Waals surface area contributed by atoms with E-state index in [1.54, 1.807) is 23.0 Å². The monoisotopic (exact) mass is 507 g/mol. The fraction of sp³-hybridized carbons (Fsp3) is 0.500. The Balaban J connectivity index is 1.37. The maximum Gasteiger partial charge on any atom is 0.407 e. The zero-order valence-corrected chi connectivity index (χ0v) is 21.3. The summed E-state index contributed by atoms with van der Waals surface area (Å²) in [5.74, 6) is 1.61. The van der Waals surface area contributed by atoms with E-state index in [9.17, 15) is 9.59 Å². The number of hydrogen-bond acceptors (Lipinski definition) is 8. The molecule has 5 rings (SSSR count). The van der Waals surface area contributed by atoms with Crippen molar-refractivity contribution in [2.24, 2.45) is 5.92 Å². The number of anilines is 3. The van der Waals surface area contributed by atoms with Crippen molar-refractivity contribution in [3.63, 3.8) is 0 Å². The highest BCUT2D eigenvalue weighted by atomic mass is 16.5. The molecule has 11 nitrogen and oxygen atoms in total. The Morgan fingerprint density at radius 1 is 1.14 bits per heavy atom. The molecule has 0 bridgehead atoms. The molecule has 1 aliphatic carbocycles. The number of pyridine rings is 2. The number of carboxylic acid groups (broad SMARTS) is 1. The van der Waals surface area contributed by atoms with Gasteiger partial charge >= 0.3 is 6.09 Å². The molecule has 0 radical (unpaired) electrons. The molecule has 0 atom stereocenters. The van der Waals surface area contributed by atoms with Gasteiger partial charge in [0.1, 0.15) is 11.5 Å². The second-order valence-electron chi connectivity index (χ2n) is 10.1. The predicted octanol–water partition coefficient (Wildman–Crippen LogP) is 3.88. The van der Waals surface area contributed by atoms with Crippen LogP contribution in [0.25, 0.3) is 11.0 Å². The summed E-state index contributed by atoms with van der Waals surface area (Å²) in [6.07, 6.45) is 6.66. The normalized spacial score (nSPS) is 16.5. The minimum absolute atomic E-state index is 0.0966. The number of nitrogens with zero attached hydrogens (tertiary/aromatic N) is 6. The topological polar surface area (TPSA) is 126 Å². The van der Waals surface area contributed by atoms with E-state index in [1.165, 1.54) is 4.90 Å². The van der Waals surface area contributed by atoms with Crippen LogP contribution in [0, 0.1) is 5.92 Å². The quantitative estimate of drug-likeness (QED) is 0.490. The third kappa shape index (κ3) is 5.45. The van der Waals surface area contributed by atoms with Crippen molar-refractivity contribution < 1.29 is 14.6 Å². The Kier molecular flexibility index (Phi) is 7.11. The number of hydrogen-bond donors (Lipinski definition) is 2. The van der Waals surface area contributed by atoms with Crippen molar-refractivity contribution in [2.45, 2.75) is 45.6 Å². The molecule has 0 aromatic carbocycles. The van der Waals surface area contributed by atoms with Crippen molar-refractivity contribution in [3.05, 3.63) is 40.9 Å². The van der Waals surface area contributed by atoms with E-state index < -0.39 is 6.09 Å². The van der Waals surface area contributed by atoms with Gasteiger partial charge in [0.25, 0.3) is 5.56 Å². The number of piperazine rings is 1. The third-order valence-electron chi connectivity index (χ3n) is 6.91. The summed E-state index contributed by atoms with van der Waals surface area (Å²) in [7, 11) is 0. The van der Waals surface area contributed by atoms with Crippen LogP contribution in [0.2, 0.25) is 0 Å². The fourth-order valence-electron chi connectivity index (χ4n) is 4.93. The van der Waals surface area contributed by atoms with Crippen LogP contribution >= 0.6 is 0 Å². The number of amides is 1. The van der Waals surface area contributed by atoms with Crippen LogP contribution in [0.5, 0.6) is 5.75 Å². The lowest BCUT2D eigenvalue weighted by molar-refractivity contribution is 0.142. The molecule has 1 saturated heterocycles. The van der Waals surface area contributed by atoms with Gasteiger partial charge in [0.05, 0.1) is 18.5 Å². The van der Waals surface area contributed by atoms with Crippen LogP contribution < -0.4 is 20.5 Å². The Hall–Kier alpha value is -3.89. The second kappa shape index (κ2) is 10.6. The summed E-state index contributed by atoms with van der Waals surface area (Å²) in [6.45, 7) is 6.75. The molecule has 1 aliphatic heterocycles. The molecule has 2 aliphatic rings. The Labute approximate surface area is 215 Å². The van der Waals surface area contributed by atoms with Crippen molar-refractivity contribution >= 4 is 34.6 Å². The van der Waals surface area contributed by atoms with Gasteiger partial charge < -0.3 is 25.0 Å². The van der Waals surface area contributed by atoms with Crippen molar-refractivity contribution in [3.8, 4) is 5.75 Å². The van der Waals surface area contributed by atoms with Gasteiger partial charge in [0.2, 0.25) is 5.95 Å². The van der Waals surface area contributed by atoms with Gasteiger partial charge in [-0.3, -0.25) is 9.36 Å². The Morgan fingerprint density at radius 2 is 1.89 bits per heavy atom. The maximum absolute atomic E-state index is 13.4. The summed E-state index contributed by atoms with van der Waals surface area (Å²) < 4.78 is 7.65. The maximum atomic E-state index is 13.4. The van der Waals surface area contributed by atoms with Gasteiger partial charge in [-0.05, 0) is 37.0 Å². The van der Waals surface area contributed by atoms with E-state index >= 15 is 0 Å². The highest BCUT2D eigenvalue weighted by molar-refractivity contribution is 5.77. The predicted molar refractivity (Wildman–Crippen MR) is 141 cm³/mol. The standard InChI is InChI=1S/C26H33N7O4/c1-17(2)16-37-21-13-18-14-28-25(30-23(18)33(24(21)34)19-5-3-4-6-19)29-22-8-7-20(15-27-22)31-9-11-32(12-10-31)26(35)36/h7-8,13-15,17,19H,3-6,9-12,16H2,1-2H3,(H,35,36)(H,27,28,29,30). The fourth-order valence-corrected chi connectivity index (χ4v) is 4.93. The van der Waals surface area contributed by atoms with E-state index in [0.717, 1.165) is 36.8 Å². The van der Waals surface area contributed by atoms with E-state index in [2.05, 4.69) is 34.0 Å². The molecule has 2 fully saturated rings. The number of rotatable bonds is 7. The number of nitrogens with one attached hydrogen (secondary N) is 1. The number of carbonyl (C=O) groups is 1. The molecule has 3 aromatic rings. The molecule has 37 heavy (non-hydrogen) atoms. The number of fused-ring (bicyclic) bond motifs is 1. The summed E-state index contributed by atoms with van der Waals surface area (Å²) in [4.78, 5) is 41.8. The number of aromatic nitrogens is 4. The van der Waals surface area contributed by atoms with Gasteiger partial charge in [-0.25, -0.2) is 14.8 Å². The van der Waals surface area contributed by atoms with E-state index in [-0.39, 0.29) is 11.6 Å². The minimum Gasteiger partial charge on any atom is -0.488 e. The highest BCUT2D eigenvalue weighted by Gasteiger charge is 2.24. The second-order valence-corrected chi connectivity index (χ2v) is 10.1. The average molecular weight is 508 g/mol. The van der Waals surface area contributed by atoms with Crippen LogP contribution in [0.15, 0.2) is 35.4 Å². The molecular formula is C26H33N7O4. The number of ether oxygens (including phenoxy) is 1. The first-order valence-electron chi connectivity index (χ1n) is 12.9. The van der Waals surface area contributed by atoms with Crippen LogP contribution in [-0.4, -0.2) is 68.4 Å². The van der Waals surface area contributed by atoms with E-state index in [4.69, 9.17) is 14.8 Å². The molecule has 4 heterocycles. The highest BCUT2D eigenvalue weighted by Crippen LogP contribution is 2.31. The molecular weight excluding hydrogens is 474 g/mol. The van der Waals surface area contributed by atoms with Gasteiger partial charge in [0.15, 0.2) is 5.75 Å². The van der Waals surface area contributed by atoms with Crippen molar-refractivity contribution in [1.29, 1.82) is 0 Å². The summed E-state index contributed by atoms with van der Waals surface area (Å²) in [5, 5.41) is 13.1. The molecule has 3 aromatic heterocycles. The van der Waals surface area contributed by atoms with Gasteiger partial charge in [0, 0.05) is 43.8 Å². The molecule has 0 unspecified atom stereocenters. The summed E-state index contributed by atoms with van der Waals surface area (Å²) in [5.41, 5.74) is 1.38. The Morgan fingerprint density at radius 3 is 2.54 bits per heavy atom. The van der Waals surface area contributed by atoms with Crippen LogP contribution in [0.3, 0.4) is 0 Å². The largest absolute Gasteiger partial charge is 0.488 e. The van der Waals surface area contributed by atoms with Crippen molar-refractivity contribution in [1.82, 2.24) is 24.4 Å². The average Bonchev–Trinajstić information content (AvgIpc) is 3.42. The first-order valence-corrected chi connectivity index (χ1v) is 12.9. The molecule has 11 heteroatoms. The van der Waals surface area contributed by atoms with E-state index in [1.807, 2.05) is 12.1 Å². The Bertz CT molecular complexity index is 1310. The molecule has 1 saturated carbocycles. The zero-order chi connectivity index (χ0) is 25.9. The van der Waals surface area contributed by atoms with Crippen LogP contribution in [0.1, 0.15) is 45.6 Å². The van der Waals surface area contributed by atoms with Crippen LogP contribution in [0.4, 0.5) is 22.2 Å². The SMILES string of the molecule is CC(C)COc1cc2cnc(Nc3ccc(N4CCN(C(=O)O)CC4)cn3)nc2n(C2CCCC2)c1=O. The van der Waals surface area contributed by atoms with E-state index in [0.29, 0.717) is 61.9 Å². The molecule has 1 amide bonds. The summed E-state index contributed by atoms with van der Waals surface area (Å²) >= 11 is 0. The van der Waals surface area contributed by atoms with Crippen molar-refractivity contribution in [2.75, 3.05) is 43.0 Å². The zero-order valence-electron chi connectivity index (χ0n) is 21.3. The van der Waals surface area contributed by atoms with Gasteiger partial charge in [-0.15, -0.1) is 0 Å². The third-order valence-corrected chi connectivity index (χ3v) is 6.91. The minimum atomic E-state index is -0.884. The van der Waals surface area contributed by atoms with Gasteiger partial charge in [-0.1, -0.05) is 26.7 Å². The molecule has 0 spiro atoms. The summed E-state index contributed by atoms with van der Waals surface area (Å²) in [6, 6.07) is 5.63. The first kappa shape index (κ1) is 24.8. The van der Waals surface area contributed by atoms with Crippen LogP contribution in [-0.2, 0) is 0 Å².